The van der Waals surface area contributed by atoms with E-state index in [0.717, 1.165) is 5.69 Å². The summed E-state index contributed by atoms with van der Waals surface area (Å²) in [4.78, 5) is 20.4. The zero-order valence-corrected chi connectivity index (χ0v) is 14.7. The van der Waals surface area contributed by atoms with Crippen LogP contribution in [0.15, 0.2) is 54.9 Å². The molecule has 3 rings (SSSR count). The van der Waals surface area contributed by atoms with Crippen LogP contribution in [0, 0.1) is 11.3 Å². The molecule has 0 aliphatic rings. The molecule has 6 nitrogen and oxygen atoms in total. The first-order valence-electron chi connectivity index (χ1n) is 7.40. The maximum atomic E-state index is 12.4. The zero-order valence-electron chi connectivity index (χ0n) is 13.2. The topological polar surface area (TPSA) is 90.7 Å². The van der Waals surface area contributed by atoms with Gasteiger partial charge in [0.05, 0.1) is 11.6 Å². The van der Waals surface area contributed by atoms with Gasteiger partial charge in [-0.3, -0.25) is 4.79 Å². The Bertz CT molecular complexity index is 979. The highest BCUT2D eigenvalue weighted by Crippen LogP contribution is 2.23. The average Bonchev–Trinajstić information content (AvgIpc) is 2.62. The smallest absolute Gasteiger partial charge is 0.274 e. The second-order valence-corrected chi connectivity index (χ2v) is 6.09. The van der Waals surface area contributed by atoms with Crippen LogP contribution in [0.2, 0.25) is 10.0 Å². The first-order valence-corrected chi connectivity index (χ1v) is 8.16. The highest BCUT2D eigenvalue weighted by atomic mass is 35.5. The van der Waals surface area contributed by atoms with Gasteiger partial charge in [-0.05, 0) is 42.5 Å². The number of hydrogen-bond donors (Lipinski definition) is 2. The number of aromatic nitrogens is 2. The number of hydrogen-bond acceptors (Lipinski definition) is 5. The van der Waals surface area contributed by atoms with Crippen LogP contribution in [-0.2, 0) is 0 Å². The normalized spacial score (nSPS) is 10.0. The Labute approximate surface area is 159 Å². The van der Waals surface area contributed by atoms with E-state index in [1.54, 1.807) is 42.5 Å². The minimum atomic E-state index is -0.423. The van der Waals surface area contributed by atoms with Crippen molar-refractivity contribution in [2.24, 2.45) is 0 Å². The van der Waals surface area contributed by atoms with E-state index in [0.29, 0.717) is 27.1 Å². The Morgan fingerprint density at radius 3 is 2.31 bits per heavy atom. The highest BCUT2D eigenvalue weighted by Gasteiger charge is 2.10. The minimum absolute atomic E-state index is 0.173. The number of nitriles is 1. The van der Waals surface area contributed by atoms with Gasteiger partial charge in [-0.15, -0.1) is 0 Å². The van der Waals surface area contributed by atoms with Gasteiger partial charge in [0.15, 0.2) is 0 Å². The fourth-order valence-electron chi connectivity index (χ4n) is 2.15. The molecule has 0 fully saturated rings. The molecule has 128 valence electrons. The van der Waals surface area contributed by atoms with Gasteiger partial charge in [-0.25, -0.2) is 9.97 Å². The third kappa shape index (κ3) is 4.48. The van der Waals surface area contributed by atoms with Crippen molar-refractivity contribution in [3.05, 3.63) is 76.2 Å². The summed E-state index contributed by atoms with van der Waals surface area (Å²) in [6.45, 7) is 0. The lowest BCUT2D eigenvalue weighted by molar-refractivity contribution is 0.102. The van der Waals surface area contributed by atoms with Gasteiger partial charge >= 0.3 is 0 Å². The van der Waals surface area contributed by atoms with Gasteiger partial charge in [-0.2, -0.15) is 5.26 Å². The molecule has 2 N–H and O–H groups in total. The molecular weight excluding hydrogens is 373 g/mol. The third-order valence-corrected chi connectivity index (χ3v) is 3.74. The van der Waals surface area contributed by atoms with Crippen LogP contribution < -0.4 is 10.6 Å². The second kappa shape index (κ2) is 7.83. The number of nitrogens with one attached hydrogen (secondary N) is 2. The van der Waals surface area contributed by atoms with Crippen LogP contribution in [0.3, 0.4) is 0 Å². The number of benzene rings is 2. The van der Waals surface area contributed by atoms with Crippen LogP contribution in [0.1, 0.15) is 16.1 Å². The fraction of sp³-hybridized carbons (Fsp3) is 0. The maximum Gasteiger partial charge on any atom is 0.274 e. The van der Waals surface area contributed by atoms with Crippen LogP contribution in [0.5, 0.6) is 0 Å². The van der Waals surface area contributed by atoms with Gasteiger partial charge in [-0.1, -0.05) is 23.2 Å². The number of nitrogens with zero attached hydrogens (tertiary/aromatic N) is 3. The molecule has 0 aliphatic carbocycles. The van der Waals surface area contributed by atoms with E-state index in [-0.39, 0.29) is 5.69 Å². The van der Waals surface area contributed by atoms with Crippen molar-refractivity contribution in [3.63, 3.8) is 0 Å². The molecule has 0 bridgehead atoms. The summed E-state index contributed by atoms with van der Waals surface area (Å²) >= 11 is 11.9. The number of halogens is 2. The van der Waals surface area contributed by atoms with E-state index in [4.69, 9.17) is 28.5 Å². The summed E-state index contributed by atoms with van der Waals surface area (Å²) in [7, 11) is 0. The summed E-state index contributed by atoms with van der Waals surface area (Å²) < 4.78 is 0. The predicted molar refractivity (Wildman–Crippen MR) is 101 cm³/mol. The van der Waals surface area contributed by atoms with E-state index in [1.807, 2.05) is 6.07 Å². The van der Waals surface area contributed by atoms with Gasteiger partial charge in [0.1, 0.15) is 17.8 Å². The maximum absolute atomic E-state index is 12.4. The van der Waals surface area contributed by atoms with Crippen molar-refractivity contribution >= 4 is 46.3 Å². The predicted octanol–water partition coefficient (Wildman–Crippen LogP) is 4.65. The van der Waals surface area contributed by atoms with Gasteiger partial charge in [0, 0.05) is 27.5 Å². The third-order valence-electron chi connectivity index (χ3n) is 3.31. The minimum Gasteiger partial charge on any atom is -0.340 e. The monoisotopic (exact) mass is 383 g/mol. The number of carbonyl (C=O) groups excluding carboxylic acids is 1. The van der Waals surface area contributed by atoms with E-state index < -0.39 is 5.91 Å². The molecule has 0 atom stereocenters. The number of anilines is 3. The lowest BCUT2D eigenvalue weighted by atomic mass is 10.2. The highest BCUT2D eigenvalue weighted by molar-refractivity contribution is 6.35. The van der Waals surface area contributed by atoms with Gasteiger partial charge < -0.3 is 10.6 Å². The van der Waals surface area contributed by atoms with Gasteiger partial charge in [0.25, 0.3) is 5.91 Å². The summed E-state index contributed by atoms with van der Waals surface area (Å²) in [5.41, 5.74) is 1.93. The van der Waals surface area contributed by atoms with Crippen molar-refractivity contribution in [2.45, 2.75) is 0 Å². The molecule has 0 radical (unpaired) electrons. The molecule has 1 amide bonds. The molecule has 0 unspecified atom stereocenters. The Balaban J connectivity index is 1.75. The van der Waals surface area contributed by atoms with Crippen molar-refractivity contribution in [2.75, 3.05) is 10.6 Å². The number of carbonyl (C=O) groups is 1. The van der Waals surface area contributed by atoms with Crippen molar-refractivity contribution in [1.82, 2.24) is 9.97 Å². The van der Waals surface area contributed by atoms with Crippen LogP contribution in [-0.4, -0.2) is 15.9 Å². The molecule has 1 heterocycles. The molecule has 1 aromatic heterocycles. The zero-order chi connectivity index (χ0) is 18.5. The summed E-state index contributed by atoms with van der Waals surface area (Å²) in [6, 6.07) is 15.2. The molecule has 0 saturated carbocycles. The molecule has 0 spiro atoms. The molecule has 2 aromatic carbocycles. The van der Waals surface area contributed by atoms with Crippen molar-refractivity contribution in [1.29, 1.82) is 5.26 Å². The standard InChI is InChI=1S/C18H11Cl2N5O/c19-12-5-13(20)7-15(6-12)25-18(26)16-8-17(23-10-22-16)24-14-3-1-11(9-21)2-4-14/h1-8,10H,(H,25,26)(H,22,23,24). The van der Waals surface area contributed by atoms with Crippen molar-refractivity contribution < 1.29 is 4.79 Å². The number of rotatable bonds is 4. The molecule has 3 aromatic rings. The lowest BCUT2D eigenvalue weighted by Gasteiger charge is -2.08. The van der Waals surface area contributed by atoms with Crippen LogP contribution in [0.25, 0.3) is 0 Å². The Morgan fingerprint density at radius 1 is 0.962 bits per heavy atom. The van der Waals surface area contributed by atoms with Gasteiger partial charge in [0.2, 0.25) is 0 Å². The largest absolute Gasteiger partial charge is 0.340 e. The van der Waals surface area contributed by atoms with E-state index in [9.17, 15) is 4.79 Å². The quantitative estimate of drug-likeness (QED) is 0.683. The molecule has 26 heavy (non-hydrogen) atoms. The second-order valence-electron chi connectivity index (χ2n) is 5.21. The summed E-state index contributed by atoms with van der Waals surface area (Å²) in [6.07, 6.45) is 1.28. The van der Waals surface area contributed by atoms with Crippen molar-refractivity contribution in [3.8, 4) is 6.07 Å². The molecular formula is C18H11Cl2N5O. The lowest BCUT2D eigenvalue weighted by Crippen LogP contribution is -2.14. The average molecular weight is 384 g/mol. The molecule has 0 saturated heterocycles. The molecule has 8 heteroatoms. The van der Waals surface area contributed by atoms with Crippen LogP contribution in [0.4, 0.5) is 17.2 Å². The van der Waals surface area contributed by atoms with E-state index >= 15 is 0 Å². The summed E-state index contributed by atoms with van der Waals surface area (Å²) in [5, 5.41) is 15.4. The summed E-state index contributed by atoms with van der Waals surface area (Å²) in [5.74, 6) is 0.0209. The SMILES string of the molecule is N#Cc1ccc(Nc2cc(C(=O)Nc3cc(Cl)cc(Cl)c3)ncn2)cc1. The first-order chi connectivity index (χ1) is 12.5. The fourth-order valence-corrected chi connectivity index (χ4v) is 2.67. The van der Waals surface area contributed by atoms with Crippen LogP contribution >= 0.6 is 23.2 Å². The van der Waals surface area contributed by atoms with E-state index in [1.165, 1.54) is 12.4 Å². The Kier molecular flexibility index (Phi) is 5.32. The Morgan fingerprint density at radius 2 is 1.65 bits per heavy atom. The van der Waals surface area contributed by atoms with E-state index in [2.05, 4.69) is 20.6 Å². The Hall–Kier alpha value is -3.14. The number of amides is 1. The molecule has 0 aliphatic heterocycles. The first kappa shape index (κ1) is 17.7.